The molecule has 270 valence electrons. The zero-order chi connectivity index (χ0) is 37.9. The van der Waals surface area contributed by atoms with Crippen molar-refractivity contribution in [3.05, 3.63) is 200 Å². The summed E-state index contributed by atoms with van der Waals surface area (Å²) >= 11 is 0. The zero-order valence-electron chi connectivity index (χ0n) is 31.3. The Labute approximate surface area is 332 Å². The summed E-state index contributed by atoms with van der Waals surface area (Å²) in [7, 11) is 0. The van der Waals surface area contributed by atoms with Crippen molar-refractivity contribution in [1.29, 1.82) is 0 Å². The molecule has 0 unspecified atom stereocenters. The van der Waals surface area contributed by atoms with Crippen molar-refractivity contribution in [2.75, 3.05) is 0 Å². The predicted molar refractivity (Wildman–Crippen MR) is 242 cm³/mol. The van der Waals surface area contributed by atoms with Gasteiger partial charge in [0, 0.05) is 60.2 Å². The average Bonchev–Trinajstić information content (AvgIpc) is 4.03. The Hall–Kier alpha value is -7.82. The van der Waals surface area contributed by atoms with Gasteiger partial charge in [-0.1, -0.05) is 127 Å². The van der Waals surface area contributed by atoms with Crippen LogP contribution in [-0.4, -0.2) is 13.7 Å². The summed E-state index contributed by atoms with van der Waals surface area (Å²) in [6.07, 6.45) is 0. The van der Waals surface area contributed by atoms with Crippen LogP contribution >= 0.6 is 0 Å². The van der Waals surface area contributed by atoms with Crippen LogP contribution in [0.1, 0.15) is 0 Å². The van der Waals surface area contributed by atoms with E-state index in [1.54, 1.807) is 0 Å². The summed E-state index contributed by atoms with van der Waals surface area (Å²) in [5.74, 6) is 0. The van der Waals surface area contributed by atoms with Gasteiger partial charge in [-0.15, -0.1) is 0 Å². The number of fused-ring (bicyclic) bond motifs is 13. The lowest BCUT2D eigenvalue weighted by atomic mass is 10.0. The van der Waals surface area contributed by atoms with Gasteiger partial charge in [0.05, 0.1) is 33.1 Å². The minimum atomic E-state index is 0.902. The number of nitrogens with zero attached hydrogens (tertiary/aromatic N) is 3. The van der Waals surface area contributed by atoms with Gasteiger partial charge in [0.15, 0.2) is 5.58 Å². The molecule has 0 saturated carbocycles. The van der Waals surface area contributed by atoms with E-state index in [1.807, 2.05) is 6.07 Å². The zero-order valence-corrected chi connectivity index (χ0v) is 31.3. The van der Waals surface area contributed by atoms with Gasteiger partial charge in [0.2, 0.25) is 0 Å². The van der Waals surface area contributed by atoms with Gasteiger partial charge in [0.25, 0.3) is 0 Å². The van der Waals surface area contributed by atoms with Crippen LogP contribution in [0.5, 0.6) is 0 Å². The maximum absolute atomic E-state index is 6.64. The summed E-state index contributed by atoms with van der Waals surface area (Å²) in [5.41, 5.74) is 14.4. The van der Waals surface area contributed by atoms with Crippen LogP contribution in [0.2, 0.25) is 0 Å². The molecule has 0 atom stereocenters. The third-order valence-corrected chi connectivity index (χ3v) is 12.2. The molecule has 0 saturated heterocycles. The molecule has 0 N–H and O–H groups in total. The molecule has 0 aliphatic carbocycles. The van der Waals surface area contributed by atoms with Crippen LogP contribution in [0.25, 0.3) is 116 Å². The molecule has 13 aromatic rings. The molecule has 4 heteroatoms. The molecule has 13 rings (SSSR count). The first-order chi connectivity index (χ1) is 28.8. The van der Waals surface area contributed by atoms with Crippen LogP contribution in [0.3, 0.4) is 0 Å². The Morgan fingerprint density at radius 1 is 0.276 bits per heavy atom. The number of hydrogen-bond donors (Lipinski definition) is 0. The van der Waals surface area contributed by atoms with E-state index in [0.717, 1.165) is 61.2 Å². The van der Waals surface area contributed by atoms with E-state index in [2.05, 4.69) is 208 Å². The molecule has 4 aromatic heterocycles. The lowest BCUT2D eigenvalue weighted by Gasteiger charge is -2.16. The SMILES string of the molecule is c1ccc2c(c1)oc1c2ccc2c3ccccc3n(-c3ccc(-c4cc(-n5c6ccccc6c6ccccc65)cc(-n5c6ccccc6c6ccccc65)c4)cc3)c21. The van der Waals surface area contributed by atoms with E-state index in [9.17, 15) is 0 Å². The number of para-hydroxylation sites is 6. The highest BCUT2D eigenvalue weighted by Crippen LogP contribution is 2.42. The molecule has 9 aromatic carbocycles. The fourth-order valence-corrected chi connectivity index (χ4v) is 9.72. The maximum Gasteiger partial charge on any atom is 0.160 e. The van der Waals surface area contributed by atoms with Gasteiger partial charge in [-0.05, 0) is 83.9 Å². The first-order valence-electron chi connectivity index (χ1n) is 19.8. The first-order valence-corrected chi connectivity index (χ1v) is 19.8. The Bertz CT molecular complexity index is 3560. The highest BCUT2D eigenvalue weighted by atomic mass is 16.3. The van der Waals surface area contributed by atoms with Crippen LogP contribution in [0.15, 0.2) is 205 Å². The van der Waals surface area contributed by atoms with E-state index in [4.69, 9.17) is 4.42 Å². The van der Waals surface area contributed by atoms with Gasteiger partial charge < -0.3 is 18.1 Å². The average molecular weight is 740 g/mol. The molecule has 0 fully saturated rings. The number of hydrogen-bond acceptors (Lipinski definition) is 1. The number of benzene rings is 9. The van der Waals surface area contributed by atoms with E-state index >= 15 is 0 Å². The summed E-state index contributed by atoms with van der Waals surface area (Å²) in [6, 6.07) is 72.6. The van der Waals surface area contributed by atoms with Crippen LogP contribution in [0, 0.1) is 0 Å². The highest BCUT2D eigenvalue weighted by Gasteiger charge is 2.20. The minimum absolute atomic E-state index is 0.902. The Kier molecular flexibility index (Phi) is 6.41. The highest BCUT2D eigenvalue weighted by molar-refractivity contribution is 6.21. The van der Waals surface area contributed by atoms with E-state index in [-0.39, 0.29) is 0 Å². The molecule has 0 bridgehead atoms. The second-order valence-corrected chi connectivity index (χ2v) is 15.3. The van der Waals surface area contributed by atoms with Crippen molar-refractivity contribution < 1.29 is 4.42 Å². The fraction of sp³-hybridized carbons (Fsp3) is 0. The van der Waals surface area contributed by atoms with E-state index in [1.165, 1.54) is 54.4 Å². The van der Waals surface area contributed by atoms with E-state index < -0.39 is 0 Å². The lowest BCUT2D eigenvalue weighted by Crippen LogP contribution is -2.00. The fourth-order valence-electron chi connectivity index (χ4n) is 9.72. The summed E-state index contributed by atoms with van der Waals surface area (Å²) in [4.78, 5) is 0. The monoisotopic (exact) mass is 739 g/mol. The van der Waals surface area contributed by atoms with Crippen LogP contribution in [-0.2, 0) is 0 Å². The molecule has 58 heavy (non-hydrogen) atoms. The predicted octanol–water partition coefficient (Wildman–Crippen LogP) is 14.5. The van der Waals surface area contributed by atoms with Crippen molar-refractivity contribution in [3.8, 4) is 28.2 Å². The van der Waals surface area contributed by atoms with Crippen molar-refractivity contribution >= 4 is 87.4 Å². The first kappa shape index (κ1) is 31.4. The molecule has 0 radical (unpaired) electrons. The molecule has 0 amide bonds. The number of rotatable bonds is 4. The summed E-state index contributed by atoms with van der Waals surface area (Å²) < 4.78 is 13.9. The van der Waals surface area contributed by atoms with Gasteiger partial charge in [-0.2, -0.15) is 0 Å². The summed E-state index contributed by atoms with van der Waals surface area (Å²) in [5, 5.41) is 9.63. The molecule has 0 aliphatic rings. The quantitative estimate of drug-likeness (QED) is 0.177. The molecule has 4 nitrogen and oxygen atoms in total. The molecule has 4 heterocycles. The van der Waals surface area contributed by atoms with Crippen LogP contribution < -0.4 is 0 Å². The molecular formula is C54H33N3O. The Morgan fingerprint density at radius 2 is 0.690 bits per heavy atom. The topological polar surface area (TPSA) is 27.9 Å². The lowest BCUT2D eigenvalue weighted by molar-refractivity contribution is 0.671. The normalized spacial score (nSPS) is 12.1. The van der Waals surface area contributed by atoms with Crippen molar-refractivity contribution in [3.63, 3.8) is 0 Å². The molecule has 0 aliphatic heterocycles. The molecule has 0 spiro atoms. The number of aromatic nitrogens is 3. The van der Waals surface area contributed by atoms with Gasteiger partial charge in [-0.3, -0.25) is 0 Å². The van der Waals surface area contributed by atoms with Gasteiger partial charge in [-0.25, -0.2) is 0 Å². The smallest absolute Gasteiger partial charge is 0.160 e. The number of furan rings is 1. The Morgan fingerprint density at radius 3 is 1.21 bits per heavy atom. The van der Waals surface area contributed by atoms with Crippen molar-refractivity contribution in [2.45, 2.75) is 0 Å². The third-order valence-electron chi connectivity index (χ3n) is 12.2. The largest absolute Gasteiger partial charge is 0.454 e. The summed E-state index contributed by atoms with van der Waals surface area (Å²) in [6.45, 7) is 0. The van der Waals surface area contributed by atoms with Crippen molar-refractivity contribution in [2.24, 2.45) is 0 Å². The second-order valence-electron chi connectivity index (χ2n) is 15.3. The van der Waals surface area contributed by atoms with Gasteiger partial charge in [0.1, 0.15) is 5.58 Å². The van der Waals surface area contributed by atoms with Gasteiger partial charge >= 0.3 is 0 Å². The standard InChI is InChI=1S/C54H33N3O/c1-7-19-47-39(13-1)40-14-2-8-20-48(40)55(47)37-31-35(32-38(33-37)56-49-21-9-3-15-41(49)42-16-4-10-22-50(42)56)34-25-27-36(28-26-34)57-51-23-11-5-17-43(51)45-29-30-46-44-18-6-12-24-52(44)58-54(46)53(45)57/h1-33H. The van der Waals surface area contributed by atoms with Crippen molar-refractivity contribution in [1.82, 2.24) is 13.7 Å². The van der Waals surface area contributed by atoms with Crippen LogP contribution in [0.4, 0.5) is 0 Å². The second kappa shape index (κ2) is 11.8. The maximum atomic E-state index is 6.64. The Balaban J connectivity index is 1.06. The third kappa shape index (κ3) is 4.34. The minimum Gasteiger partial charge on any atom is -0.454 e. The van der Waals surface area contributed by atoms with E-state index in [0.29, 0.717) is 0 Å². The molecular weight excluding hydrogens is 707 g/mol.